The van der Waals surface area contributed by atoms with Crippen LogP contribution in [0.4, 0.5) is 10.1 Å². The van der Waals surface area contributed by atoms with E-state index in [0.717, 1.165) is 44.0 Å². The van der Waals surface area contributed by atoms with Gasteiger partial charge in [-0.15, -0.1) is 0 Å². The van der Waals surface area contributed by atoms with E-state index < -0.39 is 0 Å². The predicted octanol–water partition coefficient (Wildman–Crippen LogP) is 3.60. The Bertz CT molecular complexity index is 501. The second kappa shape index (κ2) is 8.30. The van der Waals surface area contributed by atoms with Crippen molar-refractivity contribution in [3.63, 3.8) is 0 Å². The Balaban J connectivity index is 1.49. The van der Waals surface area contributed by atoms with E-state index in [1.807, 2.05) is 12.1 Å². The van der Waals surface area contributed by atoms with Gasteiger partial charge in [-0.05, 0) is 50.9 Å². The highest BCUT2D eigenvalue weighted by Gasteiger charge is 2.29. The van der Waals surface area contributed by atoms with Crippen molar-refractivity contribution >= 4 is 5.69 Å². The number of halogens is 1. The molecule has 1 aromatic rings. The highest BCUT2D eigenvalue weighted by Crippen LogP contribution is 2.24. The van der Waals surface area contributed by atoms with Gasteiger partial charge in [-0.2, -0.15) is 0 Å². The van der Waals surface area contributed by atoms with E-state index in [1.54, 1.807) is 12.1 Å². The molecule has 0 aliphatic carbocycles. The number of benzene rings is 1. The fourth-order valence-corrected chi connectivity index (χ4v) is 4.46. The fraction of sp³-hybridized carbons (Fsp3) is 0.700. The Labute approximate surface area is 146 Å². The molecule has 3 nitrogen and oxygen atoms in total. The van der Waals surface area contributed by atoms with Gasteiger partial charge in [-0.3, -0.25) is 4.90 Å². The van der Waals surface area contributed by atoms with Gasteiger partial charge < -0.3 is 9.80 Å². The molecule has 0 saturated carbocycles. The quantitative estimate of drug-likeness (QED) is 0.815. The van der Waals surface area contributed by atoms with E-state index >= 15 is 0 Å². The van der Waals surface area contributed by atoms with Crippen LogP contribution in [0.15, 0.2) is 24.3 Å². The average Bonchev–Trinajstić information content (AvgIpc) is 2.64. The number of likely N-dealkylation sites (tertiary alicyclic amines) is 1. The van der Waals surface area contributed by atoms with Crippen LogP contribution >= 0.6 is 0 Å². The first-order chi connectivity index (χ1) is 11.7. The van der Waals surface area contributed by atoms with Gasteiger partial charge in [0.15, 0.2) is 0 Å². The number of anilines is 1. The maximum Gasteiger partial charge on any atom is 0.146 e. The summed E-state index contributed by atoms with van der Waals surface area (Å²) in [6.07, 6.45) is 5.11. The smallest absolute Gasteiger partial charge is 0.146 e. The summed E-state index contributed by atoms with van der Waals surface area (Å²) in [6, 6.07) is 8.65. The molecule has 2 heterocycles. The summed E-state index contributed by atoms with van der Waals surface area (Å²) in [5, 5.41) is 0. The molecule has 134 valence electrons. The Kier molecular flexibility index (Phi) is 6.12. The molecule has 2 fully saturated rings. The summed E-state index contributed by atoms with van der Waals surface area (Å²) >= 11 is 0. The van der Waals surface area contributed by atoms with Crippen LogP contribution in [0.25, 0.3) is 0 Å². The van der Waals surface area contributed by atoms with Crippen molar-refractivity contribution in [2.45, 2.75) is 51.6 Å². The van der Waals surface area contributed by atoms with Gasteiger partial charge in [-0.1, -0.05) is 26.0 Å². The number of hydrogen-bond donors (Lipinski definition) is 0. The van der Waals surface area contributed by atoms with Crippen molar-refractivity contribution < 1.29 is 4.39 Å². The predicted molar refractivity (Wildman–Crippen MR) is 99.2 cm³/mol. The number of piperazine rings is 1. The molecular weight excluding hydrogens is 301 g/mol. The van der Waals surface area contributed by atoms with E-state index in [1.165, 1.54) is 38.8 Å². The zero-order valence-corrected chi connectivity index (χ0v) is 15.3. The lowest BCUT2D eigenvalue weighted by atomic mass is 9.99. The molecule has 2 aliphatic heterocycles. The van der Waals surface area contributed by atoms with Gasteiger partial charge in [0.05, 0.1) is 5.69 Å². The maximum atomic E-state index is 14.0. The zero-order valence-electron chi connectivity index (χ0n) is 15.3. The molecule has 1 aromatic carbocycles. The Morgan fingerprint density at radius 3 is 2.17 bits per heavy atom. The molecule has 0 amide bonds. The summed E-state index contributed by atoms with van der Waals surface area (Å²) < 4.78 is 14.0. The van der Waals surface area contributed by atoms with Gasteiger partial charge in [0.2, 0.25) is 0 Å². The minimum atomic E-state index is -0.0931. The first-order valence-corrected chi connectivity index (χ1v) is 9.70. The number of rotatable bonds is 5. The normalized spacial score (nSPS) is 21.6. The van der Waals surface area contributed by atoms with Crippen LogP contribution in [0.1, 0.15) is 39.5 Å². The lowest BCUT2D eigenvalue weighted by Crippen LogP contribution is -2.54. The van der Waals surface area contributed by atoms with Crippen LogP contribution in [0.5, 0.6) is 0 Å². The van der Waals surface area contributed by atoms with E-state index in [9.17, 15) is 4.39 Å². The number of hydrogen-bond acceptors (Lipinski definition) is 3. The van der Waals surface area contributed by atoms with Crippen molar-refractivity contribution in [2.24, 2.45) is 0 Å². The van der Waals surface area contributed by atoms with Gasteiger partial charge in [0.25, 0.3) is 0 Å². The Morgan fingerprint density at radius 2 is 1.58 bits per heavy atom. The second-order valence-electron chi connectivity index (χ2n) is 7.21. The molecular formula is C20H32FN3. The fourth-order valence-electron chi connectivity index (χ4n) is 4.46. The molecule has 2 aliphatic rings. The molecule has 24 heavy (non-hydrogen) atoms. The second-order valence-corrected chi connectivity index (χ2v) is 7.21. The van der Waals surface area contributed by atoms with E-state index in [0.29, 0.717) is 0 Å². The molecule has 0 spiro atoms. The molecule has 2 saturated heterocycles. The SMILES string of the molecule is CCC(CC)N1CCC(N2CCN(c3ccccc3F)CC2)CC1. The lowest BCUT2D eigenvalue weighted by molar-refractivity contribution is 0.0771. The zero-order chi connectivity index (χ0) is 16.9. The maximum absolute atomic E-state index is 14.0. The summed E-state index contributed by atoms with van der Waals surface area (Å²) in [6.45, 7) is 11.1. The van der Waals surface area contributed by atoms with Gasteiger partial charge in [-0.25, -0.2) is 4.39 Å². The van der Waals surface area contributed by atoms with Gasteiger partial charge in [0.1, 0.15) is 5.82 Å². The third-order valence-electron chi connectivity index (χ3n) is 5.98. The van der Waals surface area contributed by atoms with Crippen LogP contribution < -0.4 is 4.90 Å². The number of para-hydroxylation sites is 1. The van der Waals surface area contributed by atoms with E-state index in [-0.39, 0.29) is 5.82 Å². The van der Waals surface area contributed by atoms with Crippen molar-refractivity contribution in [3.8, 4) is 0 Å². The molecule has 0 unspecified atom stereocenters. The highest BCUT2D eigenvalue weighted by atomic mass is 19.1. The molecule has 3 rings (SSSR count). The molecule has 0 atom stereocenters. The largest absolute Gasteiger partial charge is 0.367 e. The van der Waals surface area contributed by atoms with Crippen LogP contribution in [-0.4, -0.2) is 61.2 Å². The van der Waals surface area contributed by atoms with Crippen LogP contribution in [0, 0.1) is 5.82 Å². The lowest BCUT2D eigenvalue weighted by Gasteiger charge is -2.44. The van der Waals surface area contributed by atoms with Gasteiger partial charge >= 0.3 is 0 Å². The molecule has 0 N–H and O–H groups in total. The van der Waals surface area contributed by atoms with Gasteiger partial charge in [0, 0.05) is 38.3 Å². The highest BCUT2D eigenvalue weighted by molar-refractivity contribution is 5.48. The minimum absolute atomic E-state index is 0.0931. The van der Waals surface area contributed by atoms with Crippen molar-refractivity contribution in [1.82, 2.24) is 9.80 Å². The number of nitrogens with zero attached hydrogens (tertiary/aromatic N) is 3. The Morgan fingerprint density at radius 1 is 0.958 bits per heavy atom. The summed E-state index contributed by atoms with van der Waals surface area (Å²) in [5.74, 6) is -0.0931. The van der Waals surface area contributed by atoms with Crippen molar-refractivity contribution in [1.29, 1.82) is 0 Å². The molecule has 0 aromatic heterocycles. The standard InChI is InChI=1S/C20H32FN3/c1-3-17(4-2)22-11-9-18(10-12-22)23-13-15-24(16-14-23)20-8-6-5-7-19(20)21/h5-8,17-18H,3-4,9-16H2,1-2H3. The summed E-state index contributed by atoms with van der Waals surface area (Å²) in [4.78, 5) is 7.53. The van der Waals surface area contributed by atoms with E-state index in [4.69, 9.17) is 0 Å². The topological polar surface area (TPSA) is 9.72 Å². The van der Waals surface area contributed by atoms with E-state index in [2.05, 4.69) is 28.5 Å². The molecule has 0 bridgehead atoms. The van der Waals surface area contributed by atoms with Crippen LogP contribution in [0.2, 0.25) is 0 Å². The summed E-state index contributed by atoms with van der Waals surface area (Å²) in [7, 11) is 0. The van der Waals surface area contributed by atoms with Crippen molar-refractivity contribution in [3.05, 3.63) is 30.1 Å². The minimum Gasteiger partial charge on any atom is -0.367 e. The summed E-state index contributed by atoms with van der Waals surface area (Å²) in [5.41, 5.74) is 0.765. The van der Waals surface area contributed by atoms with Crippen LogP contribution in [0.3, 0.4) is 0 Å². The third-order valence-corrected chi connectivity index (χ3v) is 5.98. The number of piperidine rings is 1. The Hall–Kier alpha value is -1.13. The molecule has 4 heteroatoms. The molecule has 0 radical (unpaired) electrons. The van der Waals surface area contributed by atoms with Crippen molar-refractivity contribution in [2.75, 3.05) is 44.2 Å². The first-order valence-electron chi connectivity index (χ1n) is 9.70. The monoisotopic (exact) mass is 333 g/mol. The van der Waals surface area contributed by atoms with Crippen LogP contribution in [-0.2, 0) is 0 Å². The average molecular weight is 333 g/mol. The third kappa shape index (κ3) is 3.92. The first kappa shape index (κ1) is 17.7.